The van der Waals surface area contributed by atoms with Gasteiger partial charge in [-0.3, -0.25) is 9.59 Å². The molecule has 3 aliphatic heterocycles. The zero-order chi connectivity index (χ0) is 24.1. The number of amides is 2. The number of carbonyl (C=O) groups excluding carboxylic acids is 2. The maximum absolute atomic E-state index is 13.5. The third-order valence-corrected chi connectivity index (χ3v) is 6.21. The minimum Gasteiger partial charge on any atom is -0.493 e. The molecule has 2 aromatic carbocycles. The van der Waals surface area contributed by atoms with Crippen LogP contribution in [0, 0.1) is 0 Å². The molecule has 9 nitrogen and oxygen atoms in total. The smallest absolute Gasteiger partial charge is 0.248 e. The molecule has 5 rings (SSSR count). The molecule has 0 aromatic heterocycles. The second-order valence-corrected chi connectivity index (χ2v) is 8.15. The van der Waals surface area contributed by atoms with Crippen LogP contribution in [-0.2, 0) is 20.7 Å². The number of ether oxygens (including phenoxy) is 4. The van der Waals surface area contributed by atoms with Crippen molar-refractivity contribution >= 4 is 11.8 Å². The van der Waals surface area contributed by atoms with Crippen LogP contribution in [0.15, 0.2) is 36.4 Å². The number of benzene rings is 2. The van der Waals surface area contributed by atoms with Gasteiger partial charge in [-0.2, -0.15) is 0 Å². The van der Waals surface area contributed by atoms with Crippen molar-refractivity contribution in [2.24, 2.45) is 0 Å². The predicted octanol–water partition coefficient (Wildman–Crippen LogP) is 1.41. The van der Waals surface area contributed by atoms with Crippen LogP contribution in [0.1, 0.15) is 22.7 Å². The van der Waals surface area contributed by atoms with E-state index in [1.165, 1.54) is 4.90 Å². The normalized spacial score (nSPS) is 18.8. The monoisotopic (exact) mass is 470 g/mol. The lowest BCUT2D eigenvalue weighted by molar-refractivity contribution is -0.143. The maximum atomic E-state index is 13.5. The second-order valence-electron chi connectivity index (χ2n) is 8.15. The van der Waals surface area contributed by atoms with Crippen molar-refractivity contribution in [3.63, 3.8) is 0 Å². The molecule has 3 aliphatic rings. The van der Waals surface area contributed by atoms with Crippen LogP contribution in [0.5, 0.6) is 17.2 Å². The minimum absolute atomic E-state index is 0.142. The van der Waals surface area contributed by atoms with E-state index in [4.69, 9.17) is 18.9 Å². The standard InChI is InChI=1S/C25H30N2O7/c1-31-21-13-18-7-8-27-23(29)15-26(24(30)16-28)9-10-33-11-12-34-19-5-3-17(4-6-19)25(27)20(18)14-22(21)32-2/h3-6,13-14,25,28H,7-12,15-16H2,1-2H3. The lowest BCUT2D eigenvalue weighted by Gasteiger charge is -2.39. The fourth-order valence-electron chi connectivity index (χ4n) is 4.46. The van der Waals surface area contributed by atoms with Gasteiger partial charge < -0.3 is 33.9 Å². The van der Waals surface area contributed by atoms with Crippen molar-refractivity contribution in [2.75, 3.05) is 60.3 Å². The van der Waals surface area contributed by atoms with E-state index in [1.54, 1.807) is 19.1 Å². The van der Waals surface area contributed by atoms with Crippen molar-refractivity contribution in [3.05, 3.63) is 53.1 Å². The van der Waals surface area contributed by atoms with Gasteiger partial charge in [0, 0.05) is 13.1 Å². The van der Waals surface area contributed by atoms with Crippen LogP contribution in [0.25, 0.3) is 0 Å². The van der Waals surface area contributed by atoms with Gasteiger partial charge in [0.25, 0.3) is 0 Å². The Balaban J connectivity index is 1.77. The number of hydrogen-bond donors (Lipinski definition) is 1. The number of aliphatic hydroxyl groups is 1. The third-order valence-electron chi connectivity index (χ3n) is 6.21. The molecule has 182 valence electrons. The summed E-state index contributed by atoms with van der Waals surface area (Å²) in [6.45, 7) is 0.820. The highest BCUT2D eigenvalue weighted by atomic mass is 16.5. The molecular weight excluding hydrogens is 440 g/mol. The number of aliphatic hydroxyl groups excluding tert-OH is 1. The summed E-state index contributed by atoms with van der Waals surface area (Å²) in [5, 5.41) is 9.41. The number of methoxy groups -OCH3 is 2. The summed E-state index contributed by atoms with van der Waals surface area (Å²) in [6, 6.07) is 11.2. The van der Waals surface area contributed by atoms with Gasteiger partial charge in [-0.1, -0.05) is 12.1 Å². The van der Waals surface area contributed by atoms with E-state index < -0.39 is 12.5 Å². The highest BCUT2D eigenvalue weighted by Crippen LogP contribution is 2.41. The molecule has 2 aromatic rings. The summed E-state index contributed by atoms with van der Waals surface area (Å²) in [5.74, 6) is 1.21. The first-order valence-electron chi connectivity index (χ1n) is 11.3. The Hall–Kier alpha value is -3.30. The summed E-state index contributed by atoms with van der Waals surface area (Å²) in [5.41, 5.74) is 2.93. The van der Waals surface area contributed by atoms with E-state index in [-0.39, 0.29) is 31.6 Å². The molecule has 1 atom stereocenters. The molecule has 0 saturated carbocycles. The van der Waals surface area contributed by atoms with Crippen molar-refractivity contribution in [1.82, 2.24) is 9.80 Å². The quantitative estimate of drug-likeness (QED) is 0.678. The lowest BCUT2D eigenvalue weighted by atomic mass is 9.87. The summed E-state index contributed by atoms with van der Waals surface area (Å²) in [4.78, 5) is 29.0. The fourth-order valence-corrected chi connectivity index (χ4v) is 4.46. The maximum Gasteiger partial charge on any atom is 0.248 e. The Labute approximate surface area is 198 Å². The number of rotatable bonds is 3. The van der Waals surface area contributed by atoms with Crippen LogP contribution in [0.3, 0.4) is 0 Å². The van der Waals surface area contributed by atoms with Crippen molar-refractivity contribution in [1.29, 1.82) is 0 Å². The average Bonchev–Trinajstić information content (AvgIpc) is 2.88. The van der Waals surface area contributed by atoms with Gasteiger partial charge in [0.15, 0.2) is 11.5 Å². The van der Waals surface area contributed by atoms with Gasteiger partial charge >= 0.3 is 0 Å². The molecule has 34 heavy (non-hydrogen) atoms. The van der Waals surface area contributed by atoms with Gasteiger partial charge in [-0.15, -0.1) is 0 Å². The third kappa shape index (κ3) is 4.95. The van der Waals surface area contributed by atoms with Gasteiger partial charge in [0.2, 0.25) is 11.8 Å². The van der Waals surface area contributed by atoms with E-state index in [0.717, 1.165) is 16.7 Å². The van der Waals surface area contributed by atoms with Gasteiger partial charge in [-0.25, -0.2) is 0 Å². The van der Waals surface area contributed by atoms with E-state index in [9.17, 15) is 14.7 Å². The molecule has 1 unspecified atom stereocenters. The molecule has 0 fully saturated rings. The molecule has 0 spiro atoms. The van der Waals surface area contributed by atoms with Gasteiger partial charge in [0.05, 0.1) is 40.0 Å². The summed E-state index contributed by atoms with van der Waals surface area (Å²) in [6.07, 6.45) is 0.635. The molecule has 3 heterocycles. The minimum atomic E-state index is -0.666. The van der Waals surface area contributed by atoms with Gasteiger partial charge in [-0.05, 0) is 47.4 Å². The SMILES string of the molecule is COc1cc2c(cc1OC)C1c3ccc(cc3)OCCOCCN(C(=O)CO)CC(=O)N1CC2. The molecule has 2 bridgehead atoms. The molecular formula is C25H30N2O7. The first kappa shape index (κ1) is 23.8. The number of carbonyl (C=O) groups is 2. The number of nitrogens with zero attached hydrogens (tertiary/aromatic N) is 2. The highest BCUT2D eigenvalue weighted by molar-refractivity contribution is 5.86. The Morgan fingerprint density at radius 2 is 1.79 bits per heavy atom. The summed E-state index contributed by atoms with van der Waals surface area (Å²) >= 11 is 0. The Bertz CT molecular complexity index is 1020. The molecule has 0 radical (unpaired) electrons. The van der Waals surface area contributed by atoms with Crippen LogP contribution in [0.2, 0.25) is 0 Å². The fraction of sp³-hybridized carbons (Fsp3) is 0.440. The second kappa shape index (κ2) is 10.8. The molecule has 0 aliphatic carbocycles. The predicted molar refractivity (Wildman–Crippen MR) is 123 cm³/mol. The largest absolute Gasteiger partial charge is 0.493 e. The van der Waals surface area contributed by atoms with E-state index in [2.05, 4.69) is 0 Å². The topological polar surface area (TPSA) is 97.8 Å². The van der Waals surface area contributed by atoms with Crippen LogP contribution in [-0.4, -0.2) is 87.0 Å². The van der Waals surface area contributed by atoms with Crippen LogP contribution < -0.4 is 14.2 Å². The lowest BCUT2D eigenvalue weighted by Crippen LogP contribution is -2.48. The summed E-state index contributed by atoms with van der Waals surface area (Å²) < 4.78 is 22.3. The molecule has 9 heteroatoms. The van der Waals surface area contributed by atoms with Crippen molar-refractivity contribution in [3.8, 4) is 17.2 Å². The molecule has 1 N–H and O–H groups in total. The van der Waals surface area contributed by atoms with Gasteiger partial charge in [0.1, 0.15) is 19.0 Å². The Morgan fingerprint density at radius 3 is 2.50 bits per heavy atom. The van der Waals surface area contributed by atoms with Crippen molar-refractivity contribution < 1.29 is 33.6 Å². The van der Waals surface area contributed by atoms with Crippen LogP contribution in [0.4, 0.5) is 0 Å². The highest BCUT2D eigenvalue weighted by Gasteiger charge is 2.34. The first-order valence-corrected chi connectivity index (χ1v) is 11.3. The number of fused-ring (bicyclic) bond motifs is 11. The molecule has 0 saturated heterocycles. The van der Waals surface area contributed by atoms with E-state index in [0.29, 0.717) is 43.4 Å². The average molecular weight is 471 g/mol. The summed E-state index contributed by atoms with van der Waals surface area (Å²) in [7, 11) is 3.18. The van der Waals surface area contributed by atoms with Crippen LogP contribution >= 0.6 is 0 Å². The molecule has 2 amide bonds. The van der Waals surface area contributed by atoms with Crippen molar-refractivity contribution in [2.45, 2.75) is 12.5 Å². The zero-order valence-corrected chi connectivity index (χ0v) is 19.5. The Morgan fingerprint density at radius 1 is 1.06 bits per heavy atom. The zero-order valence-electron chi connectivity index (χ0n) is 19.5. The first-order chi connectivity index (χ1) is 16.5. The number of hydrogen-bond acceptors (Lipinski definition) is 7. The van der Waals surface area contributed by atoms with E-state index in [1.807, 2.05) is 36.4 Å². The Kier molecular flexibility index (Phi) is 7.54. The van der Waals surface area contributed by atoms with E-state index >= 15 is 0 Å².